The quantitative estimate of drug-likeness (QED) is 0.780. The van der Waals surface area contributed by atoms with Gasteiger partial charge in [0.1, 0.15) is 4.99 Å². The molecule has 1 fully saturated rings. The number of benzene rings is 1. The van der Waals surface area contributed by atoms with Crippen LogP contribution in [0.1, 0.15) is 31.2 Å². The van der Waals surface area contributed by atoms with Crippen LogP contribution >= 0.6 is 28.1 Å². The van der Waals surface area contributed by atoms with Crippen molar-refractivity contribution in [3.8, 4) is 0 Å². The lowest BCUT2D eigenvalue weighted by Crippen LogP contribution is -2.42. The molecule has 1 saturated carbocycles. The number of aliphatic hydroxyl groups excluding tert-OH is 1. The van der Waals surface area contributed by atoms with Gasteiger partial charge in [0.05, 0.1) is 0 Å². The normalized spacial score (nSPS) is 15.1. The molecule has 0 saturated heterocycles. The summed E-state index contributed by atoms with van der Waals surface area (Å²) in [5.74, 6) is 0. The lowest BCUT2D eigenvalue weighted by Gasteiger charge is -2.40. The first-order valence-electron chi connectivity index (χ1n) is 6.60. The summed E-state index contributed by atoms with van der Waals surface area (Å²) in [4.78, 5) is 2.77. The molecule has 0 bridgehead atoms. The van der Waals surface area contributed by atoms with Crippen molar-refractivity contribution >= 4 is 38.8 Å². The monoisotopic (exact) mass is 342 g/mol. The molecule has 5 heteroatoms. The van der Waals surface area contributed by atoms with E-state index in [-0.39, 0.29) is 6.61 Å². The van der Waals surface area contributed by atoms with Gasteiger partial charge in [-0.25, -0.2) is 0 Å². The third-order valence-corrected chi connectivity index (χ3v) is 4.32. The number of rotatable bonds is 6. The van der Waals surface area contributed by atoms with Crippen molar-refractivity contribution < 1.29 is 5.11 Å². The molecule has 1 aliphatic carbocycles. The summed E-state index contributed by atoms with van der Waals surface area (Å²) < 4.78 is 1.02. The van der Waals surface area contributed by atoms with Gasteiger partial charge in [-0.05, 0) is 43.9 Å². The van der Waals surface area contributed by atoms with Gasteiger partial charge in [-0.2, -0.15) is 0 Å². The van der Waals surface area contributed by atoms with E-state index in [2.05, 4.69) is 26.9 Å². The minimum atomic E-state index is 0.208. The first-order chi connectivity index (χ1) is 9.13. The van der Waals surface area contributed by atoms with Crippen molar-refractivity contribution in [2.45, 2.75) is 31.7 Å². The van der Waals surface area contributed by atoms with E-state index in [1.54, 1.807) is 0 Å². The number of thiocarbonyl (C=S) groups is 1. The fourth-order valence-electron chi connectivity index (χ4n) is 2.39. The summed E-state index contributed by atoms with van der Waals surface area (Å²) in [5, 5.41) is 9.08. The van der Waals surface area contributed by atoms with Gasteiger partial charge >= 0.3 is 0 Å². The van der Waals surface area contributed by atoms with Gasteiger partial charge in [-0.3, -0.25) is 0 Å². The second kappa shape index (κ2) is 6.68. The molecule has 19 heavy (non-hydrogen) atoms. The molecule has 0 spiro atoms. The average Bonchev–Trinajstić information content (AvgIpc) is 2.31. The highest BCUT2D eigenvalue weighted by atomic mass is 79.9. The number of aliphatic hydroxyl groups is 1. The third-order valence-electron chi connectivity index (χ3n) is 3.61. The van der Waals surface area contributed by atoms with Crippen LogP contribution in [0.4, 0.5) is 5.69 Å². The second-order valence-corrected chi connectivity index (χ2v) is 6.24. The van der Waals surface area contributed by atoms with E-state index in [9.17, 15) is 0 Å². The molecule has 0 radical (unpaired) electrons. The maximum atomic E-state index is 9.08. The molecule has 0 heterocycles. The van der Waals surface area contributed by atoms with Gasteiger partial charge in [0.25, 0.3) is 0 Å². The highest BCUT2D eigenvalue weighted by Crippen LogP contribution is 2.33. The molecule has 0 atom stereocenters. The van der Waals surface area contributed by atoms with Gasteiger partial charge in [-0.15, -0.1) is 0 Å². The highest BCUT2D eigenvalue weighted by Gasteiger charge is 2.26. The van der Waals surface area contributed by atoms with Crippen LogP contribution in [0, 0.1) is 0 Å². The maximum absolute atomic E-state index is 9.08. The number of nitrogens with two attached hydrogens (primary N) is 1. The predicted molar refractivity (Wildman–Crippen MR) is 86.7 cm³/mol. The molecule has 1 aromatic carbocycles. The zero-order valence-electron chi connectivity index (χ0n) is 10.8. The molecule has 3 nitrogen and oxygen atoms in total. The van der Waals surface area contributed by atoms with Crippen LogP contribution in [0.5, 0.6) is 0 Å². The van der Waals surface area contributed by atoms with Crippen molar-refractivity contribution in [3.63, 3.8) is 0 Å². The van der Waals surface area contributed by atoms with Crippen LogP contribution in [-0.2, 0) is 0 Å². The Morgan fingerprint density at radius 2 is 2.21 bits per heavy atom. The van der Waals surface area contributed by atoms with Crippen molar-refractivity contribution in [1.82, 2.24) is 0 Å². The van der Waals surface area contributed by atoms with E-state index < -0.39 is 0 Å². The topological polar surface area (TPSA) is 49.5 Å². The Hall–Kier alpha value is -0.650. The Bertz CT molecular complexity index is 463. The molecule has 0 amide bonds. The first kappa shape index (κ1) is 14.8. The van der Waals surface area contributed by atoms with Crippen LogP contribution < -0.4 is 10.6 Å². The minimum Gasteiger partial charge on any atom is -0.396 e. The second-order valence-electron chi connectivity index (χ2n) is 4.88. The van der Waals surface area contributed by atoms with Gasteiger partial charge in [-0.1, -0.05) is 28.1 Å². The summed E-state index contributed by atoms with van der Waals surface area (Å²) in [6.07, 6.45) is 4.44. The van der Waals surface area contributed by atoms with E-state index >= 15 is 0 Å². The Balaban J connectivity index is 2.33. The van der Waals surface area contributed by atoms with Crippen LogP contribution in [0.15, 0.2) is 22.7 Å². The van der Waals surface area contributed by atoms with Crippen LogP contribution in [0.3, 0.4) is 0 Å². The number of anilines is 1. The minimum absolute atomic E-state index is 0.208. The summed E-state index contributed by atoms with van der Waals surface area (Å²) in [6, 6.07) is 6.55. The Morgan fingerprint density at radius 1 is 1.47 bits per heavy atom. The van der Waals surface area contributed by atoms with E-state index in [1.165, 1.54) is 19.3 Å². The van der Waals surface area contributed by atoms with Crippen molar-refractivity contribution in [2.75, 3.05) is 18.1 Å². The summed E-state index contributed by atoms with van der Waals surface area (Å²) >= 11 is 8.66. The third kappa shape index (κ3) is 3.46. The van der Waals surface area contributed by atoms with E-state index in [1.807, 2.05) is 12.1 Å². The lowest BCUT2D eigenvalue weighted by molar-refractivity contribution is 0.283. The molecule has 0 aliphatic heterocycles. The molecule has 0 unspecified atom stereocenters. The molecule has 104 valence electrons. The van der Waals surface area contributed by atoms with Crippen molar-refractivity contribution in [1.29, 1.82) is 0 Å². The van der Waals surface area contributed by atoms with Crippen molar-refractivity contribution in [2.24, 2.45) is 5.73 Å². The largest absolute Gasteiger partial charge is 0.396 e. The van der Waals surface area contributed by atoms with Gasteiger partial charge in [0.2, 0.25) is 0 Å². The summed E-state index contributed by atoms with van der Waals surface area (Å²) in [7, 11) is 0. The number of halogens is 1. The Kier molecular flexibility index (Phi) is 5.19. The van der Waals surface area contributed by atoms with E-state index in [4.69, 9.17) is 23.1 Å². The molecular weight excluding hydrogens is 324 g/mol. The molecule has 0 aromatic heterocycles. The van der Waals surface area contributed by atoms with E-state index in [0.29, 0.717) is 11.0 Å². The standard InChI is InChI=1S/C14H19BrN2OS/c15-10-5-6-12(14(16)19)13(9-10)17(7-2-8-18)11-3-1-4-11/h5-6,9,11,18H,1-4,7-8H2,(H2,16,19). The van der Waals surface area contributed by atoms with Crippen LogP contribution in [0.25, 0.3) is 0 Å². The van der Waals surface area contributed by atoms with Gasteiger partial charge in [0.15, 0.2) is 0 Å². The highest BCUT2D eigenvalue weighted by molar-refractivity contribution is 9.10. The van der Waals surface area contributed by atoms with Crippen molar-refractivity contribution in [3.05, 3.63) is 28.2 Å². The smallest absolute Gasteiger partial charge is 0.106 e. The first-order valence-corrected chi connectivity index (χ1v) is 7.80. The fourth-order valence-corrected chi connectivity index (χ4v) is 2.91. The maximum Gasteiger partial charge on any atom is 0.106 e. The van der Waals surface area contributed by atoms with Gasteiger partial charge in [0, 0.05) is 34.9 Å². The van der Waals surface area contributed by atoms with E-state index in [0.717, 1.165) is 28.7 Å². The Morgan fingerprint density at radius 3 is 2.74 bits per heavy atom. The van der Waals surface area contributed by atoms with Crippen LogP contribution in [0.2, 0.25) is 0 Å². The zero-order chi connectivity index (χ0) is 13.8. The predicted octanol–water partition coefficient (Wildman–Crippen LogP) is 2.82. The number of hydrogen-bond acceptors (Lipinski definition) is 3. The fraction of sp³-hybridized carbons (Fsp3) is 0.500. The number of nitrogens with zero attached hydrogens (tertiary/aromatic N) is 1. The SMILES string of the molecule is NC(=S)c1ccc(Br)cc1N(CCCO)C1CCC1. The lowest BCUT2D eigenvalue weighted by atomic mass is 9.90. The molecule has 1 aromatic rings. The average molecular weight is 343 g/mol. The molecule has 2 rings (SSSR count). The molecule has 1 aliphatic rings. The Labute approximate surface area is 127 Å². The van der Waals surface area contributed by atoms with Gasteiger partial charge < -0.3 is 15.7 Å². The number of hydrogen-bond donors (Lipinski definition) is 2. The molecule has 3 N–H and O–H groups in total. The molecular formula is C14H19BrN2OS. The summed E-state index contributed by atoms with van der Waals surface area (Å²) in [5.41, 5.74) is 7.83. The summed E-state index contributed by atoms with van der Waals surface area (Å²) in [6.45, 7) is 1.05. The zero-order valence-corrected chi connectivity index (χ0v) is 13.2. The van der Waals surface area contributed by atoms with Crippen LogP contribution in [-0.4, -0.2) is 29.3 Å².